The van der Waals surface area contributed by atoms with Crippen LogP contribution < -0.4 is 5.32 Å². The number of hydrogen-bond donors (Lipinski definition) is 1. The third-order valence-electron chi connectivity index (χ3n) is 2.40. The molecule has 0 spiro atoms. The Labute approximate surface area is 127 Å². The number of ether oxygens (including phenoxy) is 2. The highest BCUT2D eigenvalue weighted by Gasteiger charge is 2.33. The van der Waals surface area contributed by atoms with Crippen LogP contribution in [0.15, 0.2) is 0 Å². The molecule has 1 atom stereocenters. The van der Waals surface area contributed by atoms with Gasteiger partial charge in [-0.2, -0.15) is 0 Å². The number of nitrogens with zero attached hydrogens (tertiary/aromatic N) is 1. The molecule has 0 aromatic heterocycles. The molecule has 1 N–H and O–H groups in total. The lowest BCUT2D eigenvalue weighted by Crippen LogP contribution is -2.38. The zero-order chi connectivity index (χ0) is 16.9. The van der Waals surface area contributed by atoms with Gasteiger partial charge in [0.05, 0.1) is 6.54 Å². The Balaban J connectivity index is 2.31. The smallest absolute Gasteiger partial charge is 0.444 e. The van der Waals surface area contributed by atoms with Crippen LogP contribution in [0.4, 0.5) is 9.59 Å². The Bertz CT molecular complexity index is 453. The normalized spacial score (nSPS) is 16.3. The number of imide groups is 1. The summed E-state index contributed by atoms with van der Waals surface area (Å²) in [6, 6.07) is 0. The van der Waals surface area contributed by atoms with E-state index in [0.717, 1.165) is 0 Å². The average Bonchev–Trinajstić information content (AvgIpc) is 2.66. The minimum absolute atomic E-state index is 0.00185. The molecule has 9 heteroatoms. The van der Waals surface area contributed by atoms with Gasteiger partial charge >= 0.3 is 12.2 Å². The molecule has 0 bridgehead atoms. The van der Waals surface area contributed by atoms with Gasteiger partial charge in [0.2, 0.25) is 0 Å². The molecule has 22 heavy (non-hydrogen) atoms. The molecule has 0 aromatic rings. The van der Waals surface area contributed by atoms with Crippen molar-refractivity contribution in [3.05, 3.63) is 0 Å². The first-order valence-electron chi connectivity index (χ1n) is 6.79. The van der Waals surface area contributed by atoms with Gasteiger partial charge in [-0.1, -0.05) is 5.06 Å². The summed E-state index contributed by atoms with van der Waals surface area (Å²) in [5.74, 6) is -1.19. The molecule has 1 aliphatic heterocycles. The Kier molecular flexibility index (Phi) is 5.72. The molecule has 0 aromatic carbocycles. The summed E-state index contributed by atoms with van der Waals surface area (Å²) < 4.78 is 9.82. The lowest BCUT2D eigenvalue weighted by atomic mass is 10.2. The van der Waals surface area contributed by atoms with Gasteiger partial charge in [-0.05, 0) is 27.7 Å². The van der Waals surface area contributed by atoms with E-state index in [-0.39, 0.29) is 19.4 Å². The third kappa shape index (κ3) is 5.98. The van der Waals surface area contributed by atoms with E-state index < -0.39 is 35.8 Å². The van der Waals surface area contributed by atoms with E-state index in [2.05, 4.69) is 10.2 Å². The van der Waals surface area contributed by atoms with Crippen molar-refractivity contribution in [2.75, 3.05) is 6.54 Å². The summed E-state index contributed by atoms with van der Waals surface area (Å²) in [6.07, 6.45) is -2.57. The maximum Gasteiger partial charge on any atom is 0.534 e. The molecule has 0 saturated carbocycles. The minimum Gasteiger partial charge on any atom is -0.444 e. The summed E-state index contributed by atoms with van der Waals surface area (Å²) in [7, 11) is 0. The van der Waals surface area contributed by atoms with Gasteiger partial charge < -0.3 is 14.8 Å². The topological polar surface area (TPSA) is 111 Å². The van der Waals surface area contributed by atoms with Gasteiger partial charge in [0.1, 0.15) is 11.7 Å². The van der Waals surface area contributed by atoms with Crippen LogP contribution >= 0.6 is 0 Å². The number of hydrogen-bond acceptors (Lipinski definition) is 7. The monoisotopic (exact) mass is 316 g/mol. The van der Waals surface area contributed by atoms with Crippen LogP contribution in [0.2, 0.25) is 0 Å². The molecule has 0 aliphatic carbocycles. The van der Waals surface area contributed by atoms with Crippen molar-refractivity contribution in [3.8, 4) is 0 Å². The number of alkyl carbamates (subject to hydrolysis) is 1. The molecular formula is C13H20N2O7. The number of carbonyl (C=O) groups is 4. The zero-order valence-corrected chi connectivity index (χ0v) is 13.0. The van der Waals surface area contributed by atoms with Crippen molar-refractivity contribution in [2.45, 2.75) is 52.2 Å². The van der Waals surface area contributed by atoms with Crippen LogP contribution in [0.1, 0.15) is 40.5 Å². The van der Waals surface area contributed by atoms with E-state index in [9.17, 15) is 19.2 Å². The largest absolute Gasteiger partial charge is 0.534 e. The lowest BCUT2D eigenvalue weighted by Gasteiger charge is -2.21. The average molecular weight is 316 g/mol. The number of hydroxylamine groups is 2. The van der Waals surface area contributed by atoms with E-state index in [1.165, 1.54) is 6.92 Å². The molecule has 124 valence electrons. The van der Waals surface area contributed by atoms with E-state index in [1.54, 1.807) is 20.8 Å². The van der Waals surface area contributed by atoms with Crippen LogP contribution in [0.5, 0.6) is 0 Å². The molecule has 0 unspecified atom stereocenters. The molecule has 1 saturated heterocycles. The van der Waals surface area contributed by atoms with Gasteiger partial charge in [0.15, 0.2) is 0 Å². The minimum atomic E-state index is -1.19. The first-order chi connectivity index (χ1) is 10.1. The predicted molar refractivity (Wildman–Crippen MR) is 72.4 cm³/mol. The summed E-state index contributed by atoms with van der Waals surface area (Å²) in [4.78, 5) is 49.9. The van der Waals surface area contributed by atoms with E-state index in [4.69, 9.17) is 9.47 Å². The lowest BCUT2D eigenvalue weighted by molar-refractivity contribution is -0.178. The highest BCUT2D eigenvalue weighted by atomic mass is 16.8. The fourth-order valence-electron chi connectivity index (χ4n) is 1.50. The van der Waals surface area contributed by atoms with Gasteiger partial charge in [-0.3, -0.25) is 14.4 Å². The molecule has 1 fully saturated rings. The maximum absolute atomic E-state index is 11.4. The number of nitrogens with one attached hydrogen (secondary N) is 1. The predicted octanol–water partition coefficient (Wildman–Crippen LogP) is 1.12. The number of amides is 3. The first kappa shape index (κ1) is 17.7. The van der Waals surface area contributed by atoms with E-state index >= 15 is 0 Å². The first-order valence-corrected chi connectivity index (χ1v) is 6.79. The van der Waals surface area contributed by atoms with Crippen molar-refractivity contribution < 1.29 is 33.5 Å². The SMILES string of the molecule is C[C@@H](CNC(=O)OC(C)(C)C)OC(=O)ON1C(=O)CCC1=O. The molecule has 1 aliphatic rings. The van der Waals surface area contributed by atoms with Crippen molar-refractivity contribution in [3.63, 3.8) is 0 Å². The van der Waals surface area contributed by atoms with Crippen LogP contribution in [-0.4, -0.2) is 47.4 Å². The van der Waals surface area contributed by atoms with Crippen LogP contribution in [0, 0.1) is 0 Å². The second-order valence-corrected chi connectivity index (χ2v) is 5.73. The molecule has 1 heterocycles. The fourth-order valence-corrected chi connectivity index (χ4v) is 1.50. The Morgan fingerprint density at radius 3 is 2.27 bits per heavy atom. The van der Waals surface area contributed by atoms with E-state index in [0.29, 0.717) is 5.06 Å². The van der Waals surface area contributed by atoms with E-state index in [1.807, 2.05) is 0 Å². The molecule has 1 rings (SSSR count). The van der Waals surface area contributed by atoms with Crippen LogP contribution in [-0.2, 0) is 23.9 Å². The number of rotatable bonds is 4. The summed E-state index contributed by atoms with van der Waals surface area (Å²) >= 11 is 0. The van der Waals surface area contributed by atoms with Crippen molar-refractivity contribution >= 4 is 24.1 Å². The second-order valence-electron chi connectivity index (χ2n) is 5.73. The molecule has 9 nitrogen and oxygen atoms in total. The highest BCUT2D eigenvalue weighted by Crippen LogP contribution is 2.13. The Morgan fingerprint density at radius 1 is 1.23 bits per heavy atom. The van der Waals surface area contributed by atoms with Gasteiger partial charge in [-0.15, -0.1) is 0 Å². The third-order valence-corrected chi connectivity index (χ3v) is 2.40. The summed E-state index contributed by atoms with van der Waals surface area (Å²) in [6.45, 7) is 6.65. The van der Waals surface area contributed by atoms with Crippen molar-refractivity contribution in [2.24, 2.45) is 0 Å². The van der Waals surface area contributed by atoms with Crippen molar-refractivity contribution in [1.82, 2.24) is 10.4 Å². The Hall–Kier alpha value is -2.32. The zero-order valence-electron chi connectivity index (χ0n) is 13.0. The molecular weight excluding hydrogens is 296 g/mol. The quantitative estimate of drug-likeness (QED) is 0.611. The number of carbonyl (C=O) groups excluding carboxylic acids is 4. The standard InChI is InChI=1S/C13H20N2O7/c1-8(7-14-11(18)21-13(2,3)4)20-12(19)22-15-9(16)5-6-10(15)17/h8H,5-7H2,1-4H3,(H,14,18)/t8-/m0/s1. The van der Waals surface area contributed by atoms with Crippen LogP contribution in [0.25, 0.3) is 0 Å². The van der Waals surface area contributed by atoms with Gasteiger partial charge in [0.25, 0.3) is 11.8 Å². The van der Waals surface area contributed by atoms with Gasteiger partial charge in [-0.25, -0.2) is 9.59 Å². The van der Waals surface area contributed by atoms with Gasteiger partial charge in [0, 0.05) is 12.8 Å². The highest BCUT2D eigenvalue weighted by molar-refractivity contribution is 6.01. The fraction of sp³-hybridized carbons (Fsp3) is 0.692. The summed E-state index contributed by atoms with van der Waals surface area (Å²) in [5, 5.41) is 2.80. The molecule has 3 amide bonds. The van der Waals surface area contributed by atoms with Crippen molar-refractivity contribution in [1.29, 1.82) is 0 Å². The molecule has 0 radical (unpaired) electrons. The Morgan fingerprint density at radius 2 is 1.77 bits per heavy atom. The maximum atomic E-state index is 11.4. The second kappa shape index (κ2) is 7.10. The van der Waals surface area contributed by atoms with Crippen LogP contribution in [0.3, 0.4) is 0 Å². The summed E-state index contributed by atoms with van der Waals surface area (Å²) in [5.41, 5.74) is -0.635.